The average molecular weight is 338 g/mol. The summed E-state index contributed by atoms with van der Waals surface area (Å²) in [5.41, 5.74) is 2.71. The maximum atomic E-state index is 12.1. The number of hydrogen-bond donors (Lipinski definition) is 1. The number of nitrogens with zero attached hydrogens (tertiary/aromatic N) is 2. The second-order valence-corrected chi connectivity index (χ2v) is 5.04. The zero-order chi connectivity index (χ0) is 17.4. The molecule has 0 atom stereocenters. The summed E-state index contributed by atoms with van der Waals surface area (Å²) >= 11 is 5.80. The van der Waals surface area contributed by atoms with E-state index in [9.17, 15) is 4.79 Å². The third kappa shape index (κ3) is 4.51. The summed E-state index contributed by atoms with van der Waals surface area (Å²) in [6.07, 6.45) is 3.32. The van der Waals surface area contributed by atoms with Crippen LogP contribution in [-0.4, -0.2) is 15.9 Å². The summed E-state index contributed by atoms with van der Waals surface area (Å²) in [6.45, 7) is 6.00. The van der Waals surface area contributed by atoms with Gasteiger partial charge in [-0.1, -0.05) is 17.7 Å². The Morgan fingerprint density at radius 3 is 2.21 bits per heavy atom. The van der Waals surface area contributed by atoms with Crippen LogP contribution in [0.25, 0.3) is 11.4 Å². The second-order valence-electron chi connectivity index (χ2n) is 4.61. The van der Waals surface area contributed by atoms with E-state index in [0.29, 0.717) is 16.3 Å². The Balaban J connectivity index is 0.00000100. The minimum atomic E-state index is -0.205. The number of hydrogen-bond acceptors (Lipinski definition) is 3. The van der Waals surface area contributed by atoms with E-state index in [1.165, 1.54) is 0 Å². The van der Waals surface area contributed by atoms with Gasteiger partial charge >= 0.3 is 0 Å². The van der Waals surface area contributed by atoms with Crippen LogP contribution in [0.15, 0.2) is 80.1 Å². The average Bonchev–Trinajstić information content (AvgIpc) is 2.65. The second kappa shape index (κ2) is 8.60. The van der Waals surface area contributed by atoms with Gasteiger partial charge < -0.3 is 5.32 Å². The number of aromatic nitrogens is 2. The zero-order valence-corrected chi connectivity index (χ0v) is 13.7. The van der Waals surface area contributed by atoms with E-state index >= 15 is 0 Å². The standard InChI is InChI=1S/C17H12ClN3O.C2H4/c18-13-6-4-12(5-7-13)17(22)21-14-8-9-16(20-11-14)15-3-1-2-10-19-15;1-2/h1-11H,(H,21,22);1-2H2. The zero-order valence-electron chi connectivity index (χ0n) is 12.9. The minimum absolute atomic E-state index is 0.205. The van der Waals surface area contributed by atoms with Crippen LogP contribution in [-0.2, 0) is 0 Å². The SMILES string of the molecule is C=C.O=C(Nc1ccc(-c2ccccn2)nc1)c1ccc(Cl)cc1. The fourth-order valence-corrected chi connectivity index (χ4v) is 2.06. The highest BCUT2D eigenvalue weighted by molar-refractivity contribution is 6.30. The summed E-state index contributed by atoms with van der Waals surface area (Å²) < 4.78 is 0. The van der Waals surface area contributed by atoms with Crippen molar-refractivity contribution in [2.24, 2.45) is 0 Å². The topological polar surface area (TPSA) is 54.9 Å². The molecule has 1 amide bonds. The highest BCUT2D eigenvalue weighted by atomic mass is 35.5. The van der Waals surface area contributed by atoms with Crippen molar-refractivity contribution in [3.8, 4) is 11.4 Å². The van der Waals surface area contributed by atoms with Gasteiger partial charge in [-0.25, -0.2) is 0 Å². The van der Waals surface area contributed by atoms with E-state index in [-0.39, 0.29) is 5.91 Å². The summed E-state index contributed by atoms with van der Waals surface area (Å²) in [7, 11) is 0. The van der Waals surface area contributed by atoms with Crippen molar-refractivity contribution in [2.45, 2.75) is 0 Å². The van der Waals surface area contributed by atoms with Crippen LogP contribution in [0.2, 0.25) is 5.02 Å². The summed E-state index contributed by atoms with van der Waals surface area (Å²) in [6, 6.07) is 16.0. The van der Waals surface area contributed by atoms with Crippen LogP contribution < -0.4 is 5.32 Å². The number of amides is 1. The molecule has 1 aromatic carbocycles. The largest absolute Gasteiger partial charge is 0.321 e. The van der Waals surface area contributed by atoms with Crippen LogP contribution in [0.3, 0.4) is 0 Å². The van der Waals surface area contributed by atoms with Crippen molar-refractivity contribution in [3.63, 3.8) is 0 Å². The van der Waals surface area contributed by atoms with Crippen molar-refractivity contribution < 1.29 is 4.79 Å². The Bertz CT molecular complexity index is 787. The summed E-state index contributed by atoms with van der Waals surface area (Å²) in [4.78, 5) is 20.6. The number of halogens is 1. The molecule has 0 fully saturated rings. The monoisotopic (exact) mass is 337 g/mol. The molecule has 4 nitrogen and oxygen atoms in total. The molecule has 0 spiro atoms. The normalized spacial score (nSPS) is 9.54. The van der Waals surface area contributed by atoms with E-state index in [2.05, 4.69) is 28.4 Å². The number of benzene rings is 1. The molecule has 0 saturated heterocycles. The number of nitrogens with one attached hydrogen (secondary N) is 1. The molecular formula is C19H16ClN3O. The van der Waals surface area contributed by atoms with Gasteiger partial charge in [0, 0.05) is 16.8 Å². The van der Waals surface area contributed by atoms with Gasteiger partial charge in [-0.2, -0.15) is 0 Å². The quantitative estimate of drug-likeness (QED) is 0.695. The van der Waals surface area contributed by atoms with Gasteiger partial charge in [-0.05, 0) is 48.5 Å². The molecule has 3 aromatic rings. The first-order valence-electron chi connectivity index (χ1n) is 7.17. The lowest BCUT2D eigenvalue weighted by Crippen LogP contribution is -2.11. The smallest absolute Gasteiger partial charge is 0.255 e. The van der Waals surface area contributed by atoms with Crippen molar-refractivity contribution in [2.75, 3.05) is 5.32 Å². The van der Waals surface area contributed by atoms with Gasteiger partial charge in [0.25, 0.3) is 5.91 Å². The lowest BCUT2D eigenvalue weighted by molar-refractivity contribution is 0.102. The lowest BCUT2D eigenvalue weighted by Gasteiger charge is -2.06. The lowest BCUT2D eigenvalue weighted by atomic mass is 10.2. The minimum Gasteiger partial charge on any atom is -0.321 e. The molecule has 1 N–H and O–H groups in total. The van der Waals surface area contributed by atoms with Gasteiger partial charge in [0.2, 0.25) is 0 Å². The Kier molecular flexibility index (Phi) is 6.23. The molecule has 3 rings (SSSR count). The highest BCUT2D eigenvalue weighted by Gasteiger charge is 2.06. The van der Waals surface area contributed by atoms with Crippen LogP contribution >= 0.6 is 11.6 Å². The van der Waals surface area contributed by atoms with Crippen molar-refractivity contribution in [1.29, 1.82) is 0 Å². The number of pyridine rings is 2. The summed E-state index contributed by atoms with van der Waals surface area (Å²) in [5, 5.41) is 3.39. The van der Waals surface area contributed by atoms with E-state index in [1.54, 1.807) is 42.7 Å². The number of anilines is 1. The molecule has 24 heavy (non-hydrogen) atoms. The third-order valence-corrected chi connectivity index (χ3v) is 3.31. The van der Waals surface area contributed by atoms with Gasteiger partial charge in [0.05, 0.1) is 23.3 Å². The number of carbonyl (C=O) groups excluding carboxylic acids is 1. The molecule has 0 saturated carbocycles. The number of carbonyl (C=O) groups is 1. The number of rotatable bonds is 3. The molecule has 120 valence electrons. The van der Waals surface area contributed by atoms with E-state index in [4.69, 9.17) is 11.6 Å². The molecule has 0 aliphatic heterocycles. The van der Waals surface area contributed by atoms with Gasteiger partial charge in [-0.15, -0.1) is 13.2 Å². The maximum Gasteiger partial charge on any atom is 0.255 e. The van der Waals surface area contributed by atoms with Gasteiger partial charge in [-0.3, -0.25) is 14.8 Å². The third-order valence-electron chi connectivity index (χ3n) is 3.06. The maximum absolute atomic E-state index is 12.1. The Morgan fingerprint density at radius 1 is 0.917 bits per heavy atom. The fourth-order valence-electron chi connectivity index (χ4n) is 1.94. The molecule has 2 aromatic heterocycles. The molecule has 2 heterocycles. The van der Waals surface area contributed by atoms with Crippen LogP contribution in [0.4, 0.5) is 5.69 Å². The molecular weight excluding hydrogens is 322 g/mol. The predicted octanol–water partition coefficient (Wildman–Crippen LogP) is 4.85. The first-order valence-corrected chi connectivity index (χ1v) is 7.54. The Morgan fingerprint density at radius 2 is 1.62 bits per heavy atom. The van der Waals surface area contributed by atoms with Crippen LogP contribution in [0.5, 0.6) is 0 Å². The molecule has 0 radical (unpaired) electrons. The predicted molar refractivity (Wildman–Crippen MR) is 98.1 cm³/mol. The Hall–Kier alpha value is -2.98. The molecule has 0 aliphatic carbocycles. The fraction of sp³-hybridized carbons (Fsp3) is 0. The van der Waals surface area contributed by atoms with E-state index < -0.39 is 0 Å². The highest BCUT2D eigenvalue weighted by Crippen LogP contribution is 2.17. The van der Waals surface area contributed by atoms with Gasteiger partial charge in [0.1, 0.15) is 0 Å². The van der Waals surface area contributed by atoms with Crippen molar-refractivity contribution in [1.82, 2.24) is 9.97 Å². The van der Waals surface area contributed by atoms with Crippen LogP contribution in [0.1, 0.15) is 10.4 Å². The van der Waals surface area contributed by atoms with Crippen molar-refractivity contribution in [3.05, 3.63) is 90.7 Å². The summed E-state index contributed by atoms with van der Waals surface area (Å²) in [5.74, 6) is -0.205. The van der Waals surface area contributed by atoms with Crippen LogP contribution in [0, 0.1) is 0 Å². The first kappa shape index (κ1) is 17.4. The van der Waals surface area contributed by atoms with Crippen molar-refractivity contribution >= 4 is 23.2 Å². The Labute approximate surface area is 145 Å². The van der Waals surface area contributed by atoms with Gasteiger partial charge in [0.15, 0.2) is 0 Å². The molecule has 5 heteroatoms. The molecule has 0 aliphatic rings. The first-order chi connectivity index (χ1) is 11.7. The van der Waals surface area contributed by atoms with E-state index in [0.717, 1.165) is 11.4 Å². The molecule has 0 bridgehead atoms. The molecule has 0 unspecified atom stereocenters. The van der Waals surface area contributed by atoms with E-state index in [1.807, 2.05) is 24.3 Å².